The first-order valence-corrected chi connectivity index (χ1v) is 9.24. The van der Waals surface area contributed by atoms with Gasteiger partial charge in [0.1, 0.15) is 0 Å². The summed E-state index contributed by atoms with van der Waals surface area (Å²) in [6.07, 6.45) is 0.936. The number of rotatable bonds is 3. The predicted octanol–water partition coefficient (Wildman–Crippen LogP) is 2.97. The van der Waals surface area contributed by atoms with Gasteiger partial charge in [-0.3, -0.25) is 0 Å². The van der Waals surface area contributed by atoms with Crippen LogP contribution in [0, 0.1) is 0 Å². The lowest BCUT2D eigenvalue weighted by molar-refractivity contribution is 0.395. The summed E-state index contributed by atoms with van der Waals surface area (Å²) >= 11 is 1.82. The van der Waals surface area contributed by atoms with Crippen molar-refractivity contribution in [3.05, 3.63) is 42.5 Å². The molecular weight excluding hydrogens is 290 g/mol. The molecule has 1 aliphatic rings. The van der Waals surface area contributed by atoms with Gasteiger partial charge in [0, 0.05) is 24.2 Å². The number of thioether (sulfide) groups is 1. The van der Waals surface area contributed by atoms with E-state index in [1.807, 2.05) is 48.2 Å². The van der Waals surface area contributed by atoms with E-state index in [4.69, 9.17) is 0 Å². The zero-order valence-corrected chi connectivity index (χ0v) is 13.0. The van der Waals surface area contributed by atoms with Crippen LogP contribution in [-0.2, 0) is 10.0 Å². The monoisotopic (exact) mass is 307 g/mol. The van der Waals surface area contributed by atoms with Crippen LogP contribution in [0.2, 0.25) is 0 Å². The van der Waals surface area contributed by atoms with E-state index in [1.165, 1.54) is 0 Å². The molecule has 0 spiro atoms. The Labute approximate surface area is 124 Å². The third-order valence-corrected chi connectivity index (χ3v) is 6.94. The molecule has 0 amide bonds. The maximum Gasteiger partial charge on any atom is 0.243 e. The molecule has 5 heteroatoms. The summed E-state index contributed by atoms with van der Waals surface area (Å²) in [5.74, 6) is 1.93. The van der Waals surface area contributed by atoms with Gasteiger partial charge < -0.3 is 0 Å². The SMILES string of the molecule is CN(C1CCSC1)S(=O)(=O)c1cccc2ccccc12. The van der Waals surface area contributed by atoms with Crippen LogP contribution >= 0.6 is 11.8 Å². The largest absolute Gasteiger partial charge is 0.243 e. The van der Waals surface area contributed by atoms with E-state index in [0.717, 1.165) is 28.7 Å². The topological polar surface area (TPSA) is 37.4 Å². The second-order valence-electron chi connectivity index (χ2n) is 5.02. The Morgan fingerprint density at radius 2 is 1.90 bits per heavy atom. The van der Waals surface area contributed by atoms with Crippen LogP contribution in [-0.4, -0.2) is 37.3 Å². The minimum atomic E-state index is -3.43. The first kappa shape index (κ1) is 13.9. The second-order valence-corrected chi connectivity index (χ2v) is 8.13. The van der Waals surface area contributed by atoms with Gasteiger partial charge in [-0.05, 0) is 23.6 Å². The first-order chi connectivity index (χ1) is 9.60. The van der Waals surface area contributed by atoms with Crippen LogP contribution in [0.1, 0.15) is 6.42 Å². The number of sulfonamides is 1. The molecule has 1 unspecified atom stereocenters. The summed E-state index contributed by atoms with van der Waals surface area (Å²) in [5.41, 5.74) is 0. The number of nitrogens with zero attached hydrogens (tertiary/aromatic N) is 1. The summed E-state index contributed by atoms with van der Waals surface area (Å²) in [7, 11) is -1.73. The highest BCUT2D eigenvalue weighted by Crippen LogP contribution is 2.29. The van der Waals surface area contributed by atoms with Crippen molar-refractivity contribution >= 4 is 32.6 Å². The Bertz CT molecular complexity index is 716. The smallest absolute Gasteiger partial charge is 0.207 e. The molecule has 0 aliphatic carbocycles. The molecule has 1 atom stereocenters. The highest BCUT2D eigenvalue weighted by atomic mass is 32.2. The minimum absolute atomic E-state index is 0.115. The molecule has 0 bridgehead atoms. The third-order valence-electron chi connectivity index (χ3n) is 3.83. The lowest BCUT2D eigenvalue weighted by atomic mass is 10.1. The fraction of sp³-hybridized carbons (Fsp3) is 0.333. The van der Waals surface area contributed by atoms with E-state index in [-0.39, 0.29) is 6.04 Å². The van der Waals surface area contributed by atoms with Crippen molar-refractivity contribution in [2.45, 2.75) is 17.4 Å². The zero-order valence-electron chi connectivity index (χ0n) is 11.3. The van der Waals surface area contributed by atoms with Crippen LogP contribution in [0.25, 0.3) is 10.8 Å². The Balaban J connectivity index is 2.09. The fourth-order valence-corrected chi connectivity index (χ4v) is 5.54. The van der Waals surface area contributed by atoms with Crippen molar-refractivity contribution in [2.24, 2.45) is 0 Å². The van der Waals surface area contributed by atoms with Crippen LogP contribution in [0.3, 0.4) is 0 Å². The van der Waals surface area contributed by atoms with Crippen molar-refractivity contribution in [2.75, 3.05) is 18.6 Å². The van der Waals surface area contributed by atoms with Gasteiger partial charge in [0.2, 0.25) is 10.0 Å². The molecule has 0 radical (unpaired) electrons. The lowest BCUT2D eigenvalue weighted by Gasteiger charge is -2.23. The third kappa shape index (κ3) is 2.34. The summed E-state index contributed by atoms with van der Waals surface area (Å²) in [5, 5.41) is 1.76. The molecule has 2 aromatic carbocycles. The van der Waals surface area contributed by atoms with Crippen LogP contribution < -0.4 is 0 Å². The molecule has 3 nitrogen and oxygen atoms in total. The number of hydrogen-bond donors (Lipinski definition) is 0. The van der Waals surface area contributed by atoms with Crippen LogP contribution in [0.5, 0.6) is 0 Å². The molecule has 0 saturated carbocycles. The van der Waals surface area contributed by atoms with Crippen molar-refractivity contribution in [3.63, 3.8) is 0 Å². The second kappa shape index (κ2) is 5.39. The number of fused-ring (bicyclic) bond motifs is 1. The highest BCUT2D eigenvalue weighted by molar-refractivity contribution is 7.99. The Morgan fingerprint density at radius 3 is 2.65 bits per heavy atom. The number of hydrogen-bond acceptors (Lipinski definition) is 3. The average Bonchev–Trinajstić information content (AvgIpc) is 2.99. The molecular formula is C15H17NO2S2. The predicted molar refractivity (Wildman–Crippen MR) is 84.6 cm³/mol. The summed E-state index contributed by atoms with van der Waals surface area (Å²) in [4.78, 5) is 0.412. The van der Waals surface area contributed by atoms with Gasteiger partial charge in [-0.25, -0.2) is 8.42 Å². The van der Waals surface area contributed by atoms with Gasteiger partial charge in [0.15, 0.2) is 0 Å². The van der Waals surface area contributed by atoms with Gasteiger partial charge in [0.05, 0.1) is 4.90 Å². The molecule has 1 aliphatic heterocycles. The van der Waals surface area contributed by atoms with Crippen LogP contribution in [0.4, 0.5) is 0 Å². The molecule has 1 heterocycles. The lowest BCUT2D eigenvalue weighted by Crippen LogP contribution is -2.37. The van der Waals surface area contributed by atoms with Crippen LogP contribution in [0.15, 0.2) is 47.4 Å². The molecule has 20 heavy (non-hydrogen) atoms. The normalized spacial score (nSPS) is 19.8. The minimum Gasteiger partial charge on any atom is -0.207 e. The molecule has 106 valence electrons. The van der Waals surface area contributed by atoms with Gasteiger partial charge in [0.25, 0.3) is 0 Å². The van der Waals surface area contributed by atoms with E-state index in [1.54, 1.807) is 17.4 Å². The Morgan fingerprint density at radius 1 is 1.15 bits per heavy atom. The van der Waals surface area contributed by atoms with Gasteiger partial charge in [-0.2, -0.15) is 16.1 Å². The summed E-state index contributed by atoms with van der Waals surface area (Å²) in [6, 6.07) is 13.2. The first-order valence-electron chi connectivity index (χ1n) is 6.64. The van der Waals surface area contributed by atoms with Gasteiger partial charge in [-0.15, -0.1) is 0 Å². The highest BCUT2D eigenvalue weighted by Gasteiger charge is 2.31. The molecule has 3 rings (SSSR count). The van der Waals surface area contributed by atoms with E-state index >= 15 is 0 Å². The molecule has 2 aromatic rings. The average molecular weight is 307 g/mol. The maximum absolute atomic E-state index is 12.8. The van der Waals surface area contributed by atoms with Crippen molar-refractivity contribution in [1.29, 1.82) is 0 Å². The molecule has 0 aromatic heterocycles. The van der Waals surface area contributed by atoms with Crippen molar-refractivity contribution in [3.8, 4) is 0 Å². The van der Waals surface area contributed by atoms with Gasteiger partial charge in [-0.1, -0.05) is 36.4 Å². The zero-order chi connectivity index (χ0) is 14.2. The van der Waals surface area contributed by atoms with E-state index < -0.39 is 10.0 Å². The van der Waals surface area contributed by atoms with Gasteiger partial charge >= 0.3 is 0 Å². The fourth-order valence-electron chi connectivity index (χ4n) is 2.58. The molecule has 1 fully saturated rings. The maximum atomic E-state index is 12.8. The quantitative estimate of drug-likeness (QED) is 0.875. The Hall–Kier alpha value is -1.04. The van der Waals surface area contributed by atoms with E-state index in [2.05, 4.69) is 0 Å². The van der Waals surface area contributed by atoms with E-state index in [9.17, 15) is 8.42 Å². The number of benzene rings is 2. The van der Waals surface area contributed by atoms with Crippen molar-refractivity contribution in [1.82, 2.24) is 4.31 Å². The van der Waals surface area contributed by atoms with Crippen molar-refractivity contribution < 1.29 is 8.42 Å². The summed E-state index contributed by atoms with van der Waals surface area (Å²) < 4.78 is 27.3. The molecule has 1 saturated heterocycles. The Kier molecular flexibility index (Phi) is 3.75. The molecule has 0 N–H and O–H groups in total. The van der Waals surface area contributed by atoms with E-state index in [0.29, 0.717) is 4.90 Å². The standard InChI is InChI=1S/C15H17NO2S2/c1-16(13-9-10-19-11-13)20(17,18)15-8-4-6-12-5-2-3-7-14(12)15/h2-8,13H,9-11H2,1H3. The summed E-state index contributed by atoms with van der Waals surface area (Å²) in [6.45, 7) is 0.